The number of rotatable bonds is 5. The topological polar surface area (TPSA) is 87.3 Å². The minimum atomic E-state index is -0.432. The van der Waals surface area contributed by atoms with Gasteiger partial charge in [-0.05, 0) is 76.6 Å². The molecular weight excluding hydrogens is 416 g/mol. The maximum Gasteiger partial charge on any atom is 0.325 e. The van der Waals surface area contributed by atoms with Crippen LogP contribution in [0.1, 0.15) is 68.5 Å². The molecular formula is C27H34N2O4. The molecule has 0 fully saturated rings. The van der Waals surface area contributed by atoms with Crippen molar-refractivity contribution < 1.29 is 14.6 Å². The molecule has 0 spiro atoms. The fourth-order valence-corrected chi connectivity index (χ4v) is 5.08. The molecule has 3 N–H and O–H groups in total. The Bertz CT molecular complexity index is 1260. The van der Waals surface area contributed by atoms with E-state index in [0.29, 0.717) is 23.6 Å². The van der Waals surface area contributed by atoms with Crippen LogP contribution in [-0.2, 0) is 17.3 Å². The van der Waals surface area contributed by atoms with Crippen molar-refractivity contribution in [3.63, 3.8) is 0 Å². The predicted octanol–water partition coefficient (Wildman–Crippen LogP) is 5.34. The Morgan fingerprint density at radius 3 is 2.09 bits per heavy atom. The fourth-order valence-electron chi connectivity index (χ4n) is 5.08. The van der Waals surface area contributed by atoms with E-state index in [-0.39, 0.29) is 16.7 Å². The molecule has 1 aliphatic rings. The van der Waals surface area contributed by atoms with Crippen LogP contribution in [-0.4, -0.2) is 29.3 Å². The highest BCUT2D eigenvalue weighted by Crippen LogP contribution is 2.49. The first kappa shape index (κ1) is 23.0. The third-order valence-electron chi connectivity index (χ3n) is 7.19. The van der Waals surface area contributed by atoms with Crippen LogP contribution >= 0.6 is 0 Å². The van der Waals surface area contributed by atoms with Crippen LogP contribution in [0, 0.1) is 6.92 Å². The lowest BCUT2D eigenvalue weighted by atomic mass is 9.62. The third kappa shape index (κ3) is 4.03. The number of imidazole rings is 1. The van der Waals surface area contributed by atoms with Crippen molar-refractivity contribution in [1.29, 1.82) is 0 Å². The number of hydrogen-bond donors (Lipinski definition) is 3. The molecule has 0 radical (unpaired) electrons. The average molecular weight is 451 g/mol. The third-order valence-corrected chi connectivity index (χ3v) is 7.19. The van der Waals surface area contributed by atoms with Crippen molar-refractivity contribution in [2.24, 2.45) is 0 Å². The number of aromatic hydroxyl groups is 1. The van der Waals surface area contributed by atoms with Gasteiger partial charge >= 0.3 is 5.69 Å². The number of benzene rings is 2. The summed E-state index contributed by atoms with van der Waals surface area (Å²) in [7, 11) is 3.27. The van der Waals surface area contributed by atoms with Gasteiger partial charge in [-0.25, -0.2) is 4.79 Å². The average Bonchev–Trinajstić information content (AvgIpc) is 3.07. The molecule has 1 aromatic heterocycles. The van der Waals surface area contributed by atoms with Gasteiger partial charge in [0.05, 0.1) is 19.9 Å². The zero-order valence-electron chi connectivity index (χ0n) is 20.6. The standard InChI is InChI=1S/C27H34N2O4/c1-15-10-19-20(27(4,5)9-8-26(19,2)3)14-17(15)18-11-16(13-22(32-6)23(18)33-7)12-21-24(30)29-25(31)28-21/h10-11,13-14,30H,8-9,12H2,1-7H3,(H2,28,29,31). The van der Waals surface area contributed by atoms with Crippen LogP contribution in [0.15, 0.2) is 29.1 Å². The minimum absolute atomic E-state index is 0.0820. The molecule has 0 atom stereocenters. The largest absolute Gasteiger partial charge is 0.493 e. The van der Waals surface area contributed by atoms with Crippen molar-refractivity contribution in [3.05, 3.63) is 62.7 Å². The lowest BCUT2D eigenvalue weighted by molar-refractivity contribution is 0.332. The number of ether oxygens (including phenoxy) is 2. The highest BCUT2D eigenvalue weighted by molar-refractivity contribution is 5.78. The van der Waals surface area contributed by atoms with Crippen LogP contribution in [0.25, 0.3) is 11.1 Å². The molecule has 0 amide bonds. The lowest BCUT2D eigenvalue weighted by Gasteiger charge is -2.42. The predicted molar refractivity (Wildman–Crippen MR) is 131 cm³/mol. The van der Waals surface area contributed by atoms with Crippen molar-refractivity contribution in [2.75, 3.05) is 14.2 Å². The zero-order chi connectivity index (χ0) is 24.1. The Morgan fingerprint density at radius 1 is 0.909 bits per heavy atom. The zero-order valence-corrected chi connectivity index (χ0v) is 20.6. The maximum absolute atomic E-state index is 11.6. The number of aromatic amines is 2. The van der Waals surface area contributed by atoms with E-state index in [2.05, 4.69) is 62.8 Å². The van der Waals surface area contributed by atoms with E-state index in [0.717, 1.165) is 29.5 Å². The van der Waals surface area contributed by atoms with E-state index < -0.39 is 5.69 Å². The smallest absolute Gasteiger partial charge is 0.325 e. The first-order chi connectivity index (χ1) is 15.5. The Balaban J connectivity index is 1.93. The number of nitrogens with one attached hydrogen (secondary N) is 2. The van der Waals surface area contributed by atoms with Gasteiger partial charge < -0.3 is 19.6 Å². The Kier molecular flexibility index (Phi) is 5.59. The summed E-state index contributed by atoms with van der Waals surface area (Å²) in [5, 5.41) is 10.0. The Morgan fingerprint density at radius 2 is 1.55 bits per heavy atom. The Labute approximate surface area is 195 Å². The summed E-state index contributed by atoms with van der Waals surface area (Å²) >= 11 is 0. The number of aryl methyl sites for hydroxylation is 1. The second-order valence-corrected chi connectivity index (χ2v) is 10.4. The summed E-state index contributed by atoms with van der Waals surface area (Å²) in [6, 6.07) is 8.59. The van der Waals surface area contributed by atoms with Gasteiger partial charge in [0.25, 0.3) is 0 Å². The number of fused-ring (bicyclic) bond motifs is 1. The van der Waals surface area contributed by atoms with E-state index >= 15 is 0 Å². The lowest BCUT2D eigenvalue weighted by Crippen LogP contribution is -2.34. The molecule has 6 heteroatoms. The normalized spacial score (nSPS) is 16.3. The number of H-pyrrole nitrogens is 2. The highest BCUT2D eigenvalue weighted by atomic mass is 16.5. The molecule has 0 unspecified atom stereocenters. The summed E-state index contributed by atoms with van der Waals surface area (Å²) in [5.41, 5.74) is 7.11. The van der Waals surface area contributed by atoms with Gasteiger partial charge in [0.1, 0.15) is 0 Å². The first-order valence-electron chi connectivity index (χ1n) is 11.4. The molecule has 0 bridgehead atoms. The molecule has 1 heterocycles. The number of aromatic nitrogens is 2. The van der Waals surface area contributed by atoms with E-state index in [4.69, 9.17) is 9.47 Å². The highest BCUT2D eigenvalue weighted by Gasteiger charge is 2.37. The second-order valence-electron chi connectivity index (χ2n) is 10.4. The molecule has 1 aliphatic carbocycles. The van der Waals surface area contributed by atoms with Crippen LogP contribution in [0.2, 0.25) is 0 Å². The van der Waals surface area contributed by atoms with Gasteiger partial charge in [-0.15, -0.1) is 0 Å². The molecule has 176 valence electrons. The van der Waals surface area contributed by atoms with Gasteiger partial charge in [0, 0.05) is 12.0 Å². The summed E-state index contributed by atoms with van der Waals surface area (Å²) in [6.45, 7) is 11.4. The molecule has 33 heavy (non-hydrogen) atoms. The number of methoxy groups -OCH3 is 2. The van der Waals surface area contributed by atoms with Gasteiger partial charge in [-0.1, -0.05) is 33.8 Å². The fraction of sp³-hybridized carbons (Fsp3) is 0.444. The van der Waals surface area contributed by atoms with Crippen molar-refractivity contribution >= 4 is 0 Å². The summed E-state index contributed by atoms with van der Waals surface area (Å²) in [4.78, 5) is 16.6. The van der Waals surface area contributed by atoms with E-state index in [9.17, 15) is 9.90 Å². The van der Waals surface area contributed by atoms with E-state index in [1.54, 1.807) is 14.2 Å². The first-order valence-corrected chi connectivity index (χ1v) is 11.4. The minimum Gasteiger partial charge on any atom is -0.493 e. The van der Waals surface area contributed by atoms with Crippen LogP contribution in [0.4, 0.5) is 0 Å². The molecule has 0 saturated heterocycles. The van der Waals surface area contributed by atoms with Crippen molar-refractivity contribution in [3.8, 4) is 28.5 Å². The van der Waals surface area contributed by atoms with Crippen LogP contribution < -0.4 is 15.2 Å². The summed E-state index contributed by atoms with van der Waals surface area (Å²) < 4.78 is 11.5. The van der Waals surface area contributed by atoms with Crippen molar-refractivity contribution in [2.45, 2.75) is 64.7 Å². The SMILES string of the molecule is COc1cc(Cc2[nH]c(=O)[nH]c2O)cc(-c2cc3c(cc2C)C(C)(C)CCC3(C)C)c1OC. The maximum atomic E-state index is 11.6. The second kappa shape index (κ2) is 8.01. The van der Waals surface area contributed by atoms with Gasteiger partial charge in [0.15, 0.2) is 11.5 Å². The molecule has 0 saturated carbocycles. The summed E-state index contributed by atoms with van der Waals surface area (Å²) in [6.07, 6.45) is 2.65. The Hall–Kier alpha value is -3.15. The molecule has 0 aliphatic heterocycles. The molecule has 6 nitrogen and oxygen atoms in total. The van der Waals surface area contributed by atoms with Crippen molar-refractivity contribution in [1.82, 2.24) is 9.97 Å². The van der Waals surface area contributed by atoms with E-state index in [1.807, 2.05) is 6.07 Å². The van der Waals surface area contributed by atoms with Gasteiger partial charge in [-0.3, -0.25) is 4.98 Å². The van der Waals surface area contributed by atoms with Gasteiger partial charge in [-0.2, -0.15) is 0 Å². The molecule has 3 aromatic rings. The van der Waals surface area contributed by atoms with E-state index in [1.165, 1.54) is 16.7 Å². The molecule has 2 aromatic carbocycles. The summed E-state index contributed by atoms with van der Waals surface area (Å²) in [5.74, 6) is 1.13. The monoisotopic (exact) mass is 450 g/mol. The molecule has 4 rings (SSSR count). The quantitative estimate of drug-likeness (QED) is 0.490. The van der Waals surface area contributed by atoms with Crippen LogP contribution in [0.5, 0.6) is 17.4 Å². The van der Waals surface area contributed by atoms with Crippen LogP contribution in [0.3, 0.4) is 0 Å². The number of hydrogen-bond acceptors (Lipinski definition) is 4. The van der Waals surface area contributed by atoms with Gasteiger partial charge in [0.2, 0.25) is 5.88 Å².